The maximum Gasteiger partial charge on any atom is 0.227 e. The number of hydrogen-bond acceptors (Lipinski definition) is 3. The van der Waals surface area contributed by atoms with Crippen LogP contribution in [0.25, 0.3) is 0 Å². The van der Waals surface area contributed by atoms with Crippen LogP contribution in [-0.4, -0.2) is 35.9 Å². The summed E-state index contributed by atoms with van der Waals surface area (Å²) in [6.07, 6.45) is 3.10. The van der Waals surface area contributed by atoms with Gasteiger partial charge in [-0.15, -0.1) is 12.4 Å². The highest BCUT2D eigenvalue weighted by Gasteiger charge is 2.26. The van der Waals surface area contributed by atoms with Crippen molar-refractivity contribution in [3.8, 4) is 0 Å². The molecule has 1 rings (SSSR count). The molecule has 21 heavy (non-hydrogen) atoms. The molecular formula is C16H27ClN2OS. The summed E-state index contributed by atoms with van der Waals surface area (Å²) in [6.45, 7) is 4.01. The molecule has 1 aromatic carbocycles. The van der Waals surface area contributed by atoms with Crippen LogP contribution in [0.5, 0.6) is 0 Å². The Morgan fingerprint density at radius 1 is 1.29 bits per heavy atom. The number of thioether (sulfide) groups is 1. The molecule has 0 aromatic heterocycles. The van der Waals surface area contributed by atoms with E-state index < -0.39 is 0 Å². The largest absolute Gasteiger partial charge is 0.343 e. The SMILES string of the molecule is CSCCC(C)N(C)C(=O)C(C)C(N)c1ccccc1.Cl. The van der Waals surface area contributed by atoms with Crippen LogP contribution in [-0.2, 0) is 4.79 Å². The molecule has 0 aliphatic heterocycles. The van der Waals surface area contributed by atoms with E-state index in [1.807, 2.05) is 61.0 Å². The van der Waals surface area contributed by atoms with Gasteiger partial charge in [-0.1, -0.05) is 37.3 Å². The number of nitrogens with two attached hydrogens (primary N) is 1. The summed E-state index contributed by atoms with van der Waals surface area (Å²) in [5.74, 6) is 0.979. The number of carbonyl (C=O) groups excluding carboxylic acids is 1. The van der Waals surface area contributed by atoms with Gasteiger partial charge in [-0.05, 0) is 30.9 Å². The first kappa shape index (κ1) is 20.3. The van der Waals surface area contributed by atoms with E-state index in [9.17, 15) is 4.79 Å². The van der Waals surface area contributed by atoms with Crippen LogP contribution in [0.4, 0.5) is 0 Å². The van der Waals surface area contributed by atoms with Crippen molar-refractivity contribution in [2.45, 2.75) is 32.4 Å². The maximum absolute atomic E-state index is 12.5. The van der Waals surface area contributed by atoms with Crippen molar-refractivity contribution in [3.63, 3.8) is 0 Å². The van der Waals surface area contributed by atoms with E-state index in [1.54, 1.807) is 0 Å². The third kappa shape index (κ3) is 5.89. The van der Waals surface area contributed by atoms with Gasteiger partial charge in [0.15, 0.2) is 0 Å². The fraction of sp³-hybridized carbons (Fsp3) is 0.562. The van der Waals surface area contributed by atoms with Gasteiger partial charge in [0.05, 0.1) is 5.92 Å². The van der Waals surface area contributed by atoms with Crippen molar-refractivity contribution in [2.24, 2.45) is 11.7 Å². The Hall–Kier alpha value is -0.710. The molecule has 0 spiro atoms. The second kappa shape index (κ2) is 10.1. The molecule has 0 saturated carbocycles. The third-order valence-electron chi connectivity index (χ3n) is 3.86. The highest BCUT2D eigenvalue weighted by atomic mass is 35.5. The van der Waals surface area contributed by atoms with E-state index in [0.29, 0.717) is 0 Å². The van der Waals surface area contributed by atoms with Gasteiger partial charge in [-0.25, -0.2) is 0 Å². The second-order valence-corrected chi connectivity index (χ2v) is 6.29. The molecule has 120 valence electrons. The number of carbonyl (C=O) groups is 1. The summed E-state index contributed by atoms with van der Waals surface area (Å²) in [5.41, 5.74) is 7.24. The first-order chi connectivity index (χ1) is 9.49. The van der Waals surface area contributed by atoms with Crippen LogP contribution in [0.3, 0.4) is 0 Å². The molecule has 3 nitrogen and oxygen atoms in total. The van der Waals surface area contributed by atoms with Crippen LogP contribution in [0, 0.1) is 5.92 Å². The minimum Gasteiger partial charge on any atom is -0.343 e. The smallest absolute Gasteiger partial charge is 0.227 e. The normalized spacial score (nSPS) is 14.7. The van der Waals surface area contributed by atoms with Gasteiger partial charge in [-0.2, -0.15) is 11.8 Å². The summed E-state index contributed by atoms with van der Waals surface area (Å²) >= 11 is 1.81. The molecule has 0 radical (unpaired) electrons. The van der Waals surface area contributed by atoms with Crippen LogP contribution in [0.1, 0.15) is 31.9 Å². The molecule has 0 saturated heterocycles. The average Bonchev–Trinajstić information content (AvgIpc) is 2.50. The van der Waals surface area contributed by atoms with Crippen molar-refractivity contribution in [2.75, 3.05) is 19.1 Å². The number of halogens is 1. The van der Waals surface area contributed by atoms with E-state index in [0.717, 1.165) is 17.7 Å². The van der Waals surface area contributed by atoms with Crippen LogP contribution in [0.2, 0.25) is 0 Å². The summed E-state index contributed by atoms with van der Waals surface area (Å²) in [6, 6.07) is 9.82. The molecule has 0 fully saturated rings. The zero-order valence-corrected chi connectivity index (χ0v) is 14.9. The van der Waals surface area contributed by atoms with Crippen molar-refractivity contribution in [1.82, 2.24) is 4.90 Å². The van der Waals surface area contributed by atoms with Crippen LogP contribution < -0.4 is 5.73 Å². The van der Waals surface area contributed by atoms with E-state index in [2.05, 4.69) is 13.2 Å². The Balaban J connectivity index is 0.00000400. The number of nitrogens with zero attached hydrogens (tertiary/aromatic N) is 1. The fourth-order valence-corrected chi connectivity index (χ4v) is 2.71. The summed E-state index contributed by atoms with van der Waals surface area (Å²) in [7, 11) is 1.88. The topological polar surface area (TPSA) is 46.3 Å². The first-order valence-electron chi connectivity index (χ1n) is 7.05. The van der Waals surface area contributed by atoms with Crippen molar-refractivity contribution >= 4 is 30.1 Å². The van der Waals surface area contributed by atoms with Gasteiger partial charge in [0, 0.05) is 19.1 Å². The monoisotopic (exact) mass is 330 g/mol. The minimum absolute atomic E-state index is 0. The van der Waals surface area contributed by atoms with Gasteiger partial charge < -0.3 is 10.6 Å². The lowest BCUT2D eigenvalue weighted by atomic mass is 9.94. The Kier molecular flexibility index (Phi) is 9.75. The molecular weight excluding hydrogens is 304 g/mol. The van der Waals surface area contributed by atoms with Crippen molar-refractivity contribution in [1.29, 1.82) is 0 Å². The van der Waals surface area contributed by atoms with Crippen molar-refractivity contribution < 1.29 is 4.79 Å². The fourth-order valence-electron chi connectivity index (χ4n) is 2.14. The van der Waals surface area contributed by atoms with Gasteiger partial charge >= 0.3 is 0 Å². The highest BCUT2D eigenvalue weighted by Crippen LogP contribution is 2.22. The quantitative estimate of drug-likeness (QED) is 0.834. The van der Waals surface area contributed by atoms with Gasteiger partial charge in [-0.3, -0.25) is 4.79 Å². The Labute approximate surface area is 139 Å². The predicted molar refractivity (Wildman–Crippen MR) is 95.0 cm³/mol. The molecule has 0 heterocycles. The number of amides is 1. The molecule has 3 unspecified atom stereocenters. The zero-order valence-electron chi connectivity index (χ0n) is 13.3. The lowest BCUT2D eigenvalue weighted by molar-refractivity contribution is -0.136. The average molecular weight is 331 g/mol. The van der Waals surface area contributed by atoms with Crippen molar-refractivity contribution in [3.05, 3.63) is 35.9 Å². The Morgan fingerprint density at radius 2 is 1.86 bits per heavy atom. The van der Waals surface area contributed by atoms with E-state index in [-0.39, 0.29) is 36.3 Å². The minimum atomic E-state index is -0.251. The Bertz CT molecular complexity index is 416. The first-order valence-corrected chi connectivity index (χ1v) is 8.44. The molecule has 0 bridgehead atoms. The van der Waals surface area contributed by atoms with E-state index >= 15 is 0 Å². The van der Waals surface area contributed by atoms with Gasteiger partial charge in [0.25, 0.3) is 0 Å². The summed E-state index contributed by atoms with van der Waals surface area (Å²) in [5, 5.41) is 0. The maximum atomic E-state index is 12.5. The molecule has 1 aromatic rings. The lowest BCUT2D eigenvalue weighted by Gasteiger charge is -2.30. The third-order valence-corrected chi connectivity index (χ3v) is 4.51. The standard InChI is InChI=1S/C16H26N2OS.ClH/c1-12(10-11-20-4)18(3)16(19)13(2)15(17)14-8-6-5-7-9-14;/h5-9,12-13,15H,10-11,17H2,1-4H3;1H. The number of benzene rings is 1. The van der Waals surface area contributed by atoms with E-state index in [4.69, 9.17) is 5.73 Å². The lowest BCUT2D eigenvalue weighted by Crippen LogP contribution is -2.41. The molecule has 3 atom stereocenters. The van der Waals surface area contributed by atoms with Crippen LogP contribution >= 0.6 is 24.2 Å². The second-order valence-electron chi connectivity index (χ2n) is 5.30. The highest BCUT2D eigenvalue weighted by molar-refractivity contribution is 7.98. The summed E-state index contributed by atoms with van der Waals surface area (Å²) < 4.78 is 0. The molecule has 0 aliphatic carbocycles. The molecule has 5 heteroatoms. The van der Waals surface area contributed by atoms with Gasteiger partial charge in [0.1, 0.15) is 0 Å². The number of hydrogen-bond donors (Lipinski definition) is 1. The molecule has 2 N–H and O–H groups in total. The van der Waals surface area contributed by atoms with Crippen LogP contribution in [0.15, 0.2) is 30.3 Å². The zero-order chi connectivity index (χ0) is 15.1. The van der Waals surface area contributed by atoms with Gasteiger partial charge in [0.2, 0.25) is 5.91 Å². The predicted octanol–water partition coefficient (Wildman–Crippen LogP) is 3.34. The Morgan fingerprint density at radius 3 is 2.38 bits per heavy atom. The summed E-state index contributed by atoms with van der Waals surface area (Å²) in [4.78, 5) is 14.3. The van der Waals surface area contributed by atoms with E-state index in [1.165, 1.54) is 0 Å². The molecule has 0 aliphatic rings. The number of rotatable bonds is 7. The molecule has 1 amide bonds.